The van der Waals surface area contributed by atoms with E-state index < -0.39 is 10.1 Å². The Morgan fingerprint density at radius 1 is 0.475 bits per heavy atom. The summed E-state index contributed by atoms with van der Waals surface area (Å²) in [5.41, 5.74) is 4.62. The Balaban J connectivity index is 1.24. The van der Waals surface area contributed by atoms with Gasteiger partial charge in [-0.2, -0.15) is 8.42 Å². The molecule has 0 aliphatic carbocycles. The predicted octanol–water partition coefficient (Wildman–Crippen LogP) is 9.41. The first-order valence-electron chi connectivity index (χ1n) is 14.7. The van der Waals surface area contributed by atoms with Gasteiger partial charge in [0.2, 0.25) is 0 Å². The maximum absolute atomic E-state index is 11.6. The van der Waals surface area contributed by atoms with Crippen molar-refractivity contribution < 1.29 is 13.0 Å². The molecular weight excluding hydrogens is 512 g/mol. The molecule has 210 valence electrons. The minimum absolute atomic E-state index is 0.0470. The van der Waals surface area contributed by atoms with Crippen LogP contribution in [0, 0.1) is 0 Å². The molecule has 0 saturated carbocycles. The molecule has 0 fully saturated rings. The highest BCUT2D eigenvalue weighted by Crippen LogP contribution is 2.43. The highest BCUT2D eigenvalue weighted by atomic mass is 32.2. The van der Waals surface area contributed by atoms with Crippen LogP contribution in [0.15, 0.2) is 120 Å². The molecule has 4 aromatic carbocycles. The zero-order valence-corrected chi connectivity index (χ0v) is 24.2. The Bertz CT molecular complexity index is 1290. The summed E-state index contributed by atoms with van der Waals surface area (Å²) in [5, 5.41) is 0. The van der Waals surface area contributed by atoms with Gasteiger partial charge in [0.1, 0.15) is 0 Å². The van der Waals surface area contributed by atoms with Gasteiger partial charge in [-0.05, 0) is 47.6 Å². The summed E-state index contributed by atoms with van der Waals surface area (Å²) >= 11 is 0. The molecular formula is C36H42O3S. The number of rotatable bonds is 16. The van der Waals surface area contributed by atoms with Crippen LogP contribution in [0.5, 0.6) is 0 Å². The van der Waals surface area contributed by atoms with Gasteiger partial charge in [-0.1, -0.05) is 161 Å². The number of unbranched alkanes of at least 4 members (excludes halogenated alkanes) is 8. The second-order valence-electron chi connectivity index (χ2n) is 10.8. The summed E-state index contributed by atoms with van der Waals surface area (Å²) < 4.78 is 32.5. The summed E-state index contributed by atoms with van der Waals surface area (Å²) in [4.78, 5) is 0.0470. The molecule has 0 saturated heterocycles. The van der Waals surface area contributed by atoms with Crippen LogP contribution in [0.2, 0.25) is 0 Å². The fourth-order valence-electron chi connectivity index (χ4n) is 6.01. The lowest BCUT2D eigenvalue weighted by Crippen LogP contribution is -2.29. The monoisotopic (exact) mass is 554 g/mol. The fraction of sp³-hybridized carbons (Fsp3) is 0.333. The Hall–Kier alpha value is -3.21. The maximum Gasteiger partial charge on any atom is 0.294 e. The van der Waals surface area contributed by atoms with Crippen molar-refractivity contribution in [2.75, 3.05) is 0 Å². The molecule has 4 heteroatoms. The lowest BCUT2D eigenvalue weighted by Gasteiger charge is -2.36. The van der Waals surface area contributed by atoms with Crippen molar-refractivity contribution in [3.8, 4) is 0 Å². The van der Waals surface area contributed by atoms with Crippen molar-refractivity contribution in [3.63, 3.8) is 0 Å². The Morgan fingerprint density at radius 3 is 1.30 bits per heavy atom. The second kappa shape index (κ2) is 15.0. The van der Waals surface area contributed by atoms with Crippen LogP contribution < -0.4 is 0 Å². The summed E-state index contributed by atoms with van der Waals surface area (Å²) in [6.45, 7) is 0. The molecule has 0 amide bonds. The van der Waals surface area contributed by atoms with Crippen molar-refractivity contribution in [2.24, 2.45) is 0 Å². The molecule has 0 aliphatic heterocycles. The third kappa shape index (κ3) is 7.93. The zero-order valence-electron chi connectivity index (χ0n) is 23.4. The van der Waals surface area contributed by atoms with Gasteiger partial charge in [0, 0.05) is 5.41 Å². The Kier molecular flexibility index (Phi) is 11.1. The van der Waals surface area contributed by atoms with Crippen LogP contribution in [-0.4, -0.2) is 13.0 Å². The molecule has 0 radical (unpaired) electrons. The molecule has 0 atom stereocenters. The largest absolute Gasteiger partial charge is 0.294 e. The first kappa shape index (κ1) is 29.8. The lowest BCUT2D eigenvalue weighted by atomic mass is 9.66. The van der Waals surface area contributed by atoms with E-state index in [1.807, 2.05) is 6.07 Å². The van der Waals surface area contributed by atoms with Crippen LogP contribution in [-0.2, 0) is 22.0 Å². The van der Waals surface area contributed by atoms with Gasteiger partial charge in [-0.25, -0.2) is 0 Å². The van der Waals surface area contributed by atoms with Crippen LogP contribution in [0.3, 0.4) is 0 Å². The normalized spacial score (nSPS) is 11.9. The maximum atomic E-state index is 11.6. The minimum Gasteiger partial charge on any atom is -0.282 e. The van der Waals surface area contributed by atoms with E-state index in [2.05, 4.69) is 91.0 Å². The van der Waals surface area contributed by atoms with Gasteiger partial charge >= 0.3 is 0 Å². The molecule has 0 bridgehead atoms. The van der Waals surface area contributed by atoms with E-state index in [0.717, 1.165) is 25.7 Å². The van der Waals surface area contributed by atoms with Gasteiger partial charge in [0.15, 0.2) is 0 Å². The SMILES string of the molecule is O=S(=O)(O)c1ccccc1CCCCCCCCCCCC(c1ccccc1)(c1ccccc1)c1ccccc1. The Labute approximate surface area is 241 Å². The molecule has 4 aromatic rings. The van der Waals surface area contributed by atoms with Gasteiger partial charge in [-0.15, -0.1) is 0 Å². The van der Waals surface area contributed by atoms with Crippen LogP contribution in [0.25, 0.3) is 0 Å². The third-order valence-electron chi connectivity index (χ3n) is 8.05. The average Bonchev–Trinajstić information content (AvgIpc) is 2.99. The molecule has 0 aliphatic rings. The van der Waals surface area contributed by atoms with Crippen LogP contribution in [0.1, 0.15) is 86.5 Å². The standard InChI is InChI=1S/C36H42O3S/c37-40(38,39)35-29-19-18-22-31(35)21-11-6-4-2-1-3-5-7-20-30-36(32-23-12-8-13-24-32,33-25-14-9-15-26-33)34-27-16-10-17-28-34/h8-10,12-19,22-29H,1-7,11,20-21,30H2,(H,37,38,39). The van der Waals surface area contributed by atoms with E-state index in [0.29, 0.717) is 12.0 Å². The predicted molar refractivity (Wildman–Crippen MR) is 165 cm³/mol. The van der Waals surface area contributed by atoms with E-state index in [1.165, 1.54) is 61.3 Å². The summed E-state index contributed by atoms with van der Waals surface area (Å²) in [7, 11) is -4.15. The topological polar surface area (TPSA) is 54.4 Å². The van der Waals surface area contributed by atoms with Gasteiger partial charge < -0.3 is 0 Å². The molecule has 0 spiro atoms. The molecule has 1 N–H and O–H groups in total. The van der Waals surface area contributed by atoms with Crippen LogP contribution >= 0.6 is 0 Å². The molecule has 0 aromatic heterocycles. The average molecular weight is 555 g/mol. The minimum atomic E-state index is -4.15. The van der Waals surface area contributed by atoms with E-state index in [-0.39, 0.29) is 10.3 Å². The Morgan fingerprint density at radius 2 is 0.850 bits per heavy atom. The number of aryl methyl sites for hydroxylation is 1. The van der Waals surface area contributed by atoms with E-state index in [1.54, 1.807) is 12.1 Å². The molecule has 0 heterocycles. The highest BCUT2D eigenvalue weighted by Gasteiger charge is 2.35. The zero-order chi connectivity index (χ0) is 28.1. The van der Waals surface area contributed by atoms with Crippen molar-refractivity contribution in [2.45, 2.75) is 80.9 Å². The quantitative estimate of drug-likeness (QED) is 0.0852. The fourth-order valence-corrected chi connectivity index (χ4v) is 6.76. The van der Waals surface area contributed by atoms with E-state index in [4.69, 9.17) is 0 Å². The van der Waals surface area contributed by atoms with Crippen molar-refractivity contribution in [1.82, 2.24) is 0 Å². The number of hydrogen-bond acceptors (Lipinski definition) is 2. The summed E-state index contributed by atoms with van der Waals surface area (Å²) in [5.74, 6) is 0. The molecule has 40 heavy (non-hydrogen) atoms. The summed E-state index contributed by atoms with van der Waals surface area (Å²) in [6, 6.07) is 39.7. The first-order chi connectivity index (χ1) is 19.5. The lowest BCUT2D eigenvalue weighted by molar-refractivity contribution is 0.481. The summed E-state index contributed by atoms with van der Waals surface area (Å²) in [6.07, 6.45) is 12.3. The molecule has 3 nitrogen and oxygen atoms in total. The number of benzene rings is 4. The van der Waals surface area contributed by atoms with Crippen LogP contribution in [0.4, 0.5) is 0 Å². The first-order valence-corrected chi connectivity index (χ1v) is 16.2. The van der Waals surface area contributed by atoms with Gasteiger partial charge in [0.25, 0.3) is 10.1 Å². The highest BCUT2D eigenvalue weighted by molar-refractivity contribution is 7.85. The van der Waals surface area contributed by atoms with E-state index in [9.17, 15) is 13.0 Å². The second-order valence-corrected chi connectivity index (χ2v) is 12.2. The third-order valence-corrected chi connectivity index (χ3v) is 9.00. The van der Waals surface area contributed by atoms with Crippen molar-refractivity contribution >= 4 is 10.1 Å². The van der Waals surface area contributed by atoms with Crippen molar-refractivity contribution in [1.29, 1.82) is 0 Å². The molecule has 4 rings (SSSR count). The molecule has 0 unspecified atom stereocenters. The smallest absolute Gasteiger partial charge is 0.282 e. The number of hydrogen-bond donors (Lipinski definition) is 1. The van der Waals surface area contributed by atoms with Crippen molar-refractivity contribution in [3.05, 3.63) is 138 Å². The van der Waals surface area contributed by atoms with E-state index >= 15 is 0 Å². The van der Waals surface area contributed by atoms with Gasteiger partial charge in [-0.3, -0.25) is 4.55 Å². The van der Waals surface area contributed by atoms with Gasteiger partial charge in [0.05, 0.1) is 4.90 Å².